The molecule has 4 aromatic rings. The summed E-state index contributed by atoms with van der Waals surface area (Å²) in [7, 11) is 0. The minimum absolute atomic E-state index is 0.151. The molecule has 0 fully saturated rings. The Kier molecular flexibility index (Phi) is 5.56. The highest BCUT2D eigenvalue weighted by Gasteiger charge is 2.11. The highest BCUT2D eigenvalue weighted by molar-refractivity contribution is 5.97. The van der Waals surface area contributed by atoms with Crippen LogP contribution in [0.4, 0.5) is 0 Å². The molecular formula is C24H22N2O3. The number of aromatic nitrogens is 1. The van der Waals surface area contributed by atoms with E-state index in [4.69, 9.17) is 9.15 Å². The van der Waals surface area contributed by atoms with Gasteiger partial charge in [-0.25, -0.2) is 4.98 Å². The minimum Gasteiger partial charge on any atom is -0.494 e. The molecule has 1 heterocycles. The van der Waals surface area contributed by atoms with Gasteiger partial charge in [-0.1, -0.05) is 42.5 Å². The average Bonchev–Trinajstić information content (AvgIpc) is 3.15. The largest absolute Gasteiger partial charge is 0.494 e. The summed E-state index contributed by atoms with van der Waals surface area (Å²) in [6.07, 6.45) is 0.620. The molecule has 0 aliphatic heterocycles. The molecule has 0 radical (unpaired) electrons. The van der Waals surface area contributed by atoms with E-state index < -0.39 is 0 Å². The first kappa shape index (κ1) is 18.7. The third kappa shape index (κ3) is 4.63. The van der Waals surface area contributed by atoms with Crippen LogP contribution in [0.3, 0.4) is 0 Å². The number of ether oxygens (including phenoxy) is 1. The van der Waals surface area contributed by atoms with Gasteiger partial charge < -0.3 is 14.5 Å². The summed E-state index contributed by atoms with van der Waals surface area (Å²) < 4.78 is 11.3. The van der Waals surface area contributed by atoms with Crippen LogP contribution in [-0.2, 0) is 13.0 Å². The lowest BCUT2D eigenvalue weighted by Gasteiger charge is -2.07. The average molecular weight is 386 g/mol. The Morgan fingerprint density at radius 1 is 1.00 bits per heavy atom. The van der Waals surface area contributed by atoms with Crippen LogP contribution in [-0.4, -0.2) is 17.5 Å². The van der Waals surface area contributed by atoms with Crippen molar-refractivity contribution in [3.8, 4) is 5.75 Å². The predicted octanol–water partition coefficient (Wildman–Crippen LogP) is 4.75. The fourth-order valence-electron chi connectivity index (χ4n) is 3.11. The number of benzene rings is 3. The number of carbonyl (C=O) groups excluding carboxylic acids is 1. The minimum atomic E-state index is -0.151. The lowest BCUT2D eigenvalue weighted by Crippen LogP contribution is -2.22. The van der Waals surface area contributed by atoms with Crippen molar-refractivity contribution in [3.05, 3.63) is 95.4 Å². The zero-order valence-corrected chi connectivity index (χ0v) is 16.2. The topological polar surface area (TPSA) is 64.4 Å². The van der Waals surface area contributed by atoms with E-state index in [1.165, 1.54) is 0 Å². The fourth-order valence-corrected chi connectivity index (χ4v) is 3.11. The second-order valence-electron chi connectivity index (χ2n) is 6.71. The Morgan fingerprint density at radius 2 is 1.79 bits per heavy atom. The Labute approximate surface area is 169 Å². The number of fused-ring (bicyclic) bond motifs is 1. The molecule has 29 heavy (non-hydrogen) atoms. The maximum atomic E-state index is 12.5. The number of oxazole rings is 1. The van der Waals surface area contributed by atoms with E-state index in [1.807, 2.05) is 67.6 Å². The lowest BCUT2D eigenvalue weighted by atomic mass is 10.1. The van der Waals surface area contributed by atoms with Crippen LogP contribution in [0.1, 0.15) is 34.3 Å². The lowest BCUT2D eigenvalue weighted by molar-refractivity contribution is 0.0951. The van der Waals surface area contributed by atoms with E-state index in [0.29, 0.717) is 36.6 Å². The molecule has 0 unspecified atom stereocenters. The second-order valence-corrected chi connectivity index (χ2v) is 6.71. The van der Waals surface area contributed by atoms with Gasteiger partial charge >= 0.3 is 0 Å². The summed E-state index contributed by atoms with van der Waals surface area (Å²) in [6, 6.07) is 23.1. The first-order chi connectivity index (χ1) is 14.2. The number of nitrogens with one attached hydrogen (secondary N) is 1. The summed E-state index contributed by atoms with van der Waals surface area (Å²) in [5.41, 5.74) is 4.05. The smallest absolute Gasteiger partial charge is 0.251 e. The zero-order chi connectivity index (χ0) is 20.1. The number of carbonyl (C=O) groups is 1. The molecule has 0 spiro atoms. The van der Waals surface area contributed by atoms with Gasteiger partial charge in [-0.15, -0.1) is 0 Å². The molecule has 4 rings (SSSR count). The van der Waals surface area contributed by atoms with E-state index in [1.54, 1.807) is 12.1 Å². The van der Waals surface area contributed by atoms with Gasteiger partial charge in [-0.05, 0) is 48.4 Å². The van der Waals surface area contributed by atoms with Crippen LogP contribution in [0.5, 0.6) is 5.75 Å². The van der Waals surface area contributed by atoms with Crippen molar-refractivity contribution in [2.24, 2.45) is 0 Å². The molecule has 0 aliphatic carbocycles. The maximum absolute atomic E-state index is 12.5. The fraction of sp³-hybridized carbons (Fsp3) is 0.167. The van der Waals surface area contributed by atoms with Crippen LogP contribution in [0.15, 0.2) is 77.2 Å². The van der Waals surface area contributed by atoms with Crippen molar-refractivity contribution >= 4 is 17.0 Å². The molecular weight excluding hydrogens is 364 g/mol. The summed E-state index contributed by atoms with van der Waals surface area (Å²) in [5, 5.41) is 2.94. The van der Waals surface area contributed by atoms with Crippen LogP contribution in [0.25, 0.3) is 11.1 Å². The number of rotatable bonds is 7. The zero-order valence-electron chi connectivity index (χ0n) is 16.2. The molecule has 0 bridgehead atoms. The molecule has 0 atom stereocenters. The number of amides is 1. The maximum Gasteiger partial charge on any atom is 0.251 e. The van der Waals surface area contributed by atoms with Gasteiger partial charge in [0.05, 0.1) is 6.61 Å². The molecule has 1 aromatic heterocycles. The van der Waals surface area contributed by atoms with Gasteiger partial charge in [0.1, 0.15) is 11.3 Å². The van der Waals surface area contributed by atoms with Crippen molar-refractivity contribution in [2.75, 3.05) is 6.61 Å². The molecule has 1 amide bonds. The molecule has 0 saturated carbocycles. The van der Waals surface area contributed by atoms with Gasteiger partial charge in [0.25, 0.3) is 5.91 Å². The number of hydrogen-bond acceptors (Lipinski definition) is 4. The third-order valence-corrected chi connectivity index (χ3v) is 4.58. The predicted molar refractivity (Wildman–Crippen MR) is 112 cm³/mol. The standard InChI is InChI=1S/C24H22N2O3/c1-2-28-20-11-8-18(9-12-20)16-25-24(27)19-10-13-21-22(15-19)29-23(26-21)14-17-6-4-3-5-7-17/h3-13,15H,2,14,16H2,1H3,(H,25,27). The quantitative estimate of drug-likeness (QED) is 0.498. The van der Waals surface area contributed by atoms with Gasteiger partial charge in [-0.2, -0.15) is 0 Å². The molecule has 5 nitrogen and oxygen atoms in total. The molecule has 5 heteroatoms. The van der Waals surface area contributed by atoms with Gasteiger partial charge in [0.2, 0.25) is 0 Å². The highest BCUT2D eigenvalue weighted by atomic mass is 16.5. The molecule has 1 N–H and O–H groups in total. The Balaban J connectivity index is 1.42. The van der Waals surface area contributed by atoms with Crippen LogP contribution >= 0.6 is 0 Å². The number of nitrogens with zero attached hydrogens (tertiary/aromatic N) is 1. The van der Waals surface area contributed by atoms with Crippen molar-refractivity contribution in [1.29, 1.82) is 0 Å². The summed E-state index contributed by atoms with van der Waals surface area (Å²) >= 11 is 0. The molecule has 3 aromatic carbocycles. The van der Waals surface area contributed by atoms with Crippen molar-refractivity contribution in [2.45, 2.75) is 19.9 Å². The Hall–Kier alpha value is -3.60. The monoisotopic (exact) mass is 386 g/mol. The Morgan fingerprint density at radius 3 is 2.55 bits per heavy atom. The third-order valence-electron chi connectivity index (χ3n) is 4.58. The van der Waals surface area contributed by atoms with Gasteiger partial charge in [-0.3, -0.25) is 4.79 Å². The SMILES string of the molecule is CCOc1ccc(CNC(=O)c2ccc3nc(Cc4ccccc4)oc3c2)cc1. The van der Waals surface area contributed by atoms with Crippen molar-refractivity contribution < 1.29 is 13.9 Å². The van der Waals surface area contributed by atoms with E-state index >= 15 is 0 Å². The normalized spacial score (nSPS) is 10.8. The second kappa shape index (κ2) is 8.61. The number of hydrogen-bond donors (Lipinski definition) is 1. The van der Waals surface area contributed by atoms with E-state index in [-0.39, 0.29) is 5.91 Å². The van der Waals surface area contributed by atoms with Crippen LogP contribution in [0.2, 0.25) is 0 Å². The van der Waals surface area contributed by atoms with E-state index in [0.717, 1.165) is 22.4 Å². The van der Waals surface area contributed by atoms with Crippen LogP contribution in [0, 0.1) is 0 Å². The summed E-state index contributed by atoms with van der Waals surface area (Å²) in [4.78, 5) is 17.0. The molecule has 146 valence electrons. The first-order valence-corrected chi connectivity index (χ1v) is 9.64. The summed E-state index contributed by atoms with van der Waals surface area (Å²) in [5.74, 6) is 1.31. The van der Waals surface area contributed by atoms with Crippen molar-refractivity contribution in [3.63, 3.8) is 0 Å². The van der Waals surface area contributed by atoms with Crippen molar-refractivity contribution in [1.82, 2.24) is 10.3 Å². The van der Waals surface area contributed by atoms with E-state index in [2.05, 4.69) is 10.3 Å². The van der Waals surface area contributed by atoms with Gasteiger partial charge in [0, 0.05) is 18.5 Å². The molecule has 0 saturated heterocycles. The Bertz CT molecular complexity index is 1100. The summed E-state index contributed by atoms with van der Waals surface area (Å²) in [6.45, 7) is 3.02. The molecule has 0 aliphatic rings. The first-order valence-electron chi connectivity index (χ1n) is 9.64. The van der Waals surface area contributed by atoms with E-state index in [9.17, 15) is 4.79 Å². The van der Waals surface area contributed by atoms with Crippen LogP contribution < -0.4 is 10.1 Å². The van der Waals surface area contributed by atoms with Gasteiger partial charge in [0.15, 0.2) is 11.5 Å². The highest BCUT2D eigenvalue weighted by Crippen LogP contribution is 2.20.